The SMILES string of the molecule is CCOC(=O)C1=C(CSc2ncnc3c2cnn3-c2ccccc2)NC(=O)NC1c1ccc(OC)cc1. The number of thioether (sulfide) groups is 1. The summed E-state index contributed by atoms with van der Waals surface area (Å²) >= 11 is 1.38. The van der Waals surface area contributed by atoms with Gasteiger partial charge in [-0.2, -0.15) is 5.10 Å². The molecule has 1 aliphatic rings. The highest BCUT2D eigenvalue weighted by molar-refractivity contribution is 7.99. The molecule has 188 valence electrons. The van der Waals surface area contributed by atoms with Crippen molar-refractivity contribution in [1.29, 1.82) is 0 Å². The van der Waals surface area contributed by atoms with E-state index in [2.05, 4.69) is 25.7 Å². The number of carbonyl (C=O) groups is 2. The van der Waals surface area contributed by atoms with Crippen LogP contribution in [0.3, 0.4) is 0 Å². The fourth-order valence-corrected chi connectivity index (χ4v) is 4.99. The van der Waals surface area contributed by atoms with E-state index in [-0.39, 0.29) is 12.4 Å². The van der Waals surface area contributed by atoms with Gasteiger partial charge in [0, 0.05) is 11.4 Å². The number of benzene rings is 2. The van der Waals surface area contributed by atoms with Gasteiger partial charge in [-0.25, -0.2) is 24.2 Å². The number of hydrogen-bond acceptors (Lipinski definition) is 8. The lowest BCUT2D eigenvalue weighted by atomic mass is 9.95. The molecular weight excluding hydrogens is 492 g/mol. The number of nitrogens with zero attached hydrogens (tertiary/aromatic N) is 4. The van der Waals surface area contributed by atoms with Crippen LogP contribution in [0.5, 0.6) is 5.75 Å². The molecule has 0 saturated carbocycles. The first kappa shape index (κ1) is 24.3. The number of para-hydroxylation sites is 1. The van der Waals surface area contributed by atoms with Gasteiger partial charge in [-0.1, -0.05) is 42.1 Å². The first-order valence-corrected chi connectivity index (χ1v) is 12.6. The maximum absolute atomic E-state index is 13.1. The van der Waals surface area contributed by atoms with Crippen LogP contribution < -0.4 is 15.4 Å². The number of aromatic nitrogens is 4. The largest absolute Gasteiger partial charge is 0.497 e. The standard InChI is InChI=1S/C26H24N6O4S/c1-3-36-25(33)21-20(30-26(34)31-22(21)16-9-11-18(35-2)12-10-16)14-37-24-19-13-29-32(23(19)27-15-28-24)17-7-5-4-6-8-17/h4-13,15,22H,3,14H2,1-2H3,(H2,30,31,34). The number of methoxy groups -OCH3 is 1. The molecule has 0 bridgehead atoms. The average molecular weight is 517 g/mol. The molecule has 10 nitrogen and oxygen atoms in total. The Kier molecular flexibility index (Phi) is 7.04. The van der Waals surface area contributed by atoms with Crippen LogP contribution in [-0.4, -0.2) is 51.2 Å². The van der Waals surface area contributed by atoms with Crippen LogP contribution in [0.1, 0.15) is 18.5 Å². The van der Waals surface area contributed by atoms with Gasteiger partial charge < -0.3 is 20.1 Å². The first-order chi connectivity index (χ1) is 18.1. The zero-order valence-electron chi connectivity index (χ0n) is 20.2. The van der Waals surface area contributed by atoms with Crippen LogP contribution >= 0.6 is 11.8 Å². The van der Waals surface area contributed by atoms with Gasteiger partial charge >= 0.3 is 12.0 Å². The number of urea groups is 1. The third kappa shape index (κ3) is 4.98. The predicted molar refractivity (Wildman–Crippen MR) is 138 cm³/mol. The van der Waals surface area contributed by atoms with Crippen molar-refractivity contribution in [3.63, 3.8) is 0 Å². The van der Waals surface area contributed by atoms with Crippen molar-refractivity contribution in [2.75, 3.05) is 19.5 Å². The van der Waals surface area contributed by atoms with Crippen LogP contribution in [-0.2, 0) is 9.53 Å². The minimum absolute atomic E-state index is 0.206. The highest BCUT2D eigenvalue weighted by Gasteiger charge is 2.34. The lowest BCUT2D eigenvalue weighted by molar-refractivity contribution is -0.139. The van der Waals surface area contributed by atoms with E-state index in [0.717, 1.165) is 16.6 Å². The number of esters is 1. The zero-order chi connectivity index (χ0) is 25.8. The number of hydrogen-bond donors (Lipinski definition) is 2. The van der Waals surface area contributed by atoms with E-state index >= 15 is 0 Å². The topological polar surface area (TPSA) is 120 Å². The smallest absolute Gasteiger partial charge is 0.338 e. The molecule has 4 aromatic rings. The summed E-state index contributed by atoms with van der Waals surface area (Å²) in [5, 5.41) is 11.6. The van der Waals surface area contributed by atoms with Gasteiger partial charge in [0.15, 0.2) is 5.65 Å². The van der Waals surface area contributed by atoms with Gasteiger partial charge in [-0.3, -0.25) is 0 Å². The van der Waals surface area contributed by atoms with Crippen LogP contribution in [0.25, 0.3) is 16.7 Å². The fourth-order valence-electron chi connectivity index (χ4n) is 4.06. The Morgan fingerprint density at radius 1 is 1.11 bits per heavy atom. The van der Waals surface area contributed by atoms with Gasteiger partial charge in [0.2, 0.25) is 0 Å². The van der Waals surface area contributed by atoms with E-state index in [1.807, 2.05) is 42.5 Å². The van der Waals surface area contributed by atoms with E-state index in [1.54, 1.807) is 37.0 Å². The van der Waals surface area contributed by atoms with E-state index < -0.39 is 18.0 Å². The summed E-state index contributed by atoms with van der Waals surface area (Å²) in [6.45, 7) is 1.95. The van der Waals surface area contributed by atoms with Crippen LogP contribution in [0, 0.1) is 0 Å². The minimum Gasteiger partial charge on any atom is -0.497 e. The molecule has 1 aliphatic heterocycles. The first-order valence-electron chi connectivity index (χ1n) is 11.6. The average Bonchev–Trinajstić information content (AvgIpc) is 3.37. The van der Waals surface area contributed by atoms with Crippen molar-refractivity contribution in [3.05, 3.63) is 84.0 Å². The third-order valence-corrected chi connectivity index (χ3v) is 6.81. The number of rotatable bonds is 8. The Hall–Kier alpha value is -4.38. The Morgan fingerprint density at radius 3 is 2.62 bits per heavy atom. The summed E-state index contributed by atoms with van der Waals surface area (Å²) in [5.74, 6) is 0.443. The monoisotopic (exact) mass is 516 g/mol. The zero-order valence-corrected chi connectivity index (χ0v) is 21.0. The number of ether oxygens (including phenoxy) is 2. The lowest BCUT2D eigenvalue weighted by Gasteiger charge is -2.29. The van der Waals surface area contributed by atoms with Gasteiger partial charge in [-0.15, -0.1) is 0 Å². The molecule has 5 rings (SSSR count). The number of amides is 2. The van der Waals surface area contributed by atoms with Crippen molar-refractivity contribution in [2.24, 2.45) is 0 Å². The molecule has 0 saturated heterocycles. The van der Waals surface area contributed by atoms with Gasteiger partial charge in [0.1, 0.15) is 17.1 Å². The molecule has 2 N–H and O–H groups in total. The number of nitrogens with one attached hydrogen (secondary N) is 2. The van der Waals surface area contributed by atoms with Gasteiger partial charge in [0.05, 0.1) is 42.6 Å². The summed E-state index contributed by atoms with van der Waals surface area (Å²) in [6.07, 6.45) is 3.19. The maximum atomic E-state index is 13.1. The molecule has 3 heterocycles. The highest BCUT2D eigenvalue weighted by Crippen LogP contribution is 2.33. The van der Waals surface area contributed by atoms with Crippen molar-refractivity contribution in [1.82, 2.24) is 30.4 Å². The molecule has 2 aromatic carbocycles. The minimum atomic E-state index is -0.680. The molecule has 37 heavy (non-hydrogen) atoms. The van der Waals surface area contributed by atoms with Crippen LogP contribution in [0.2, 0.25) is 0 Å². The second-order valence-electron chi connectivity index (χ2n) is 8.01. The fraction of sp³-hybridized carbons (Fsp3) is 0.192. The Bertz CT molecular complexity index is 1470. The van der Waals surface area contributed by atoms with Crippen LogP contribution in [0.4, 0.5) is 4.79 Å². The van der Waals surface area contributed by atoms with Gasteiger partial charge in [0.25, 0.3) is 0 Å². The summed E-state index contributed by atoms with van der Waals surface area (Å²) in [4.78, 5) is 34.5. The normalized spacial score (nSPS) is 15.3. The molecule has 2 amide bonds. The maximum Gasteiger partial charge on any atom is 0.338 e. The summed E-state index contributed by atoms with van der Waals surface area (Å²) in [6, 6.07) is 15.8. The Balaban J connectivity index is 1.49. The van der Waals surface area contributed by atoms with Crippen molar-refractivity contribution in [2.45, 2.75) is 18.0 Å². The molecule has 0 spiro atoms. The van der Waals surface area contributed by atoms with Gasteiger partial charge in [-0.05, 0) is 36.8 Å². The molecular formula is C26H24N6O4S. The number of carbonyl (C=O) groups excluding carboxylic acids is 2. The molecule has 0 aliphatic carbocycles. The Morgan fingerprint density at radius 2 is 1.89 bits per heavy atom. The highest BCUT2D eigenvalue weighted by atomic mass is 32.2. The lowest BCUT2D eigenvalue weighted by Crippen LogP contribution is -2.46. The van der Waals surface area contributed by atoms with Crippen molar-refractivity contribution < 1.29 is 19.1 Å². The molecule has 2 aromatic heterocycles. The van der Waals surface area contributed by atoms with E-state index in [9.17, 15) is 9.59 Å². The van der Waals surface area contributed by atoms with Crippen molar-refractivity contribution >= 4 is 34.8 Å². The summed E-state index contributed by atoms with van der Waals surface area (Å²) < 4.78 is 12.3. The third-order valence-electron chi connectivity index (χ3n) is 5.78. The second-order valence-corrected chi connectivity index (χ2v) is 8.98. The van der Waals surface area contributed by atoms with E-state index in [4.69, 9.17) is 9.47 Å². The van der Waals surface area contributed by atoms with Crippen molar-refractivity contribution in [3.8, 4) is 11.4 Å². The predicted octanol–water partition coefficient (Wildman–Crippen LogP) is 3.79. The number of fused-ring (bicyclic) bond motifs is 1. The van der Waals surface area contributed by atoms with E-state index in [1.165, 1.54) is 18.1 Å². The van der Waals surface area contributed by atoms with E-state index in [0.29, 0.717) is 27.7 Å². The molecule has 11 heteroatoms. The molecule has 0 fully saturated rings. The second kappa shape index (κ2) is 10.7. The summed E-state index contributed by atoms with van der Waals surface area (Å²) in [5.41, 5.74) is 3.07. The Labute approximate surface area is 217 Å². The molecule has 1 atom stereocenters. The quantitative estimate of drug-likeness (QED) is 0.206. The van der Waals surface area contributed by atoms with Crippen LogP contribution in [0.15, 0.2) is 83.4 Å². The molecule has 0 radical (unpaired) electrons. The summed E-state index contributed by atoms with van der Waals surface area (Å²) in [7, 11) is 1.58. The molecule has 1 unspecified atom stereocenters.